The first-order valence-electron chi connectivity index (χ1n) is 13.5. The van der Waals surface area contributed by atoms with Gasteiger partial charge in [-0.15, -0.1) is 0 Å². The van der Waals surface area contributed by atoms with Crippen molar-refractivity contribution in [1.29, 1.82) is 0 Å². The van der Waals surface area contributed by atoms with Gasteiger partial charge in [0.2, 0.25) is 5.88 Å². The summed E-state index contributed by atoms with van der Waals surface area (Å²) in [5, 5.41) is 0.426. The minimum absolute atomic E-state index is 0.0601. The van der Waals surface area contributed by atoms with E-state index in [9.17, 15) is 18.8 Å². The van der Waals surface area contributed by atoms with Crippen LogP contribution in [0, 0.1) is 5.82 Å². The summed E-state index contributed by atoms with van der Waals surface area (Å²) in [6.45, 7) is 9.12. The lowest BCUT2D eigenvalue weighted by Gasteiger charge is -2.44. The third kappa shape index (κ3) is 5.38. The maximum atomic E-state index is 13.9. The number of aromatic amines is 1. The molecule has 0 saturated carbocycles. The number of Topliss-reactive ketones (excluding diaryl/α,β-unsaturated/α-hetero) is 1. The number of pyridine rings is 1. The molecule has 206 valence electrons. The molecule has 4 heterocycles. The monoisotopic (exact) mass is 535 g/mol. The minimum atomic E-state index is -0.607. The Morgan fingerprint density at radius 3 is 2.46 bits per heavy atom. The predicted octanol–water partition coefficient (Wildman–Crippen LogP) is 3.64. The molecule has 2 saturated heterocycles. The zero-order valence-corrected chi connectivity index (χ0v) is 22.6. The molecular formula is C29H34FN5O4. The van der Waals surface area contributed by atoms with Crippen molar-refractivity contribution in [3.8, 4) is 5.88 Å². The number of aromatic nitrogens is 2. The van der Waals surface area contributed by atoms with E-state index in [4.69, 9.17) is 4.74 Å². The van der Waals surface area contributed by atoms with Gasteiger partial charge in [-0.25, -0.2) is 4.39 Å². The molecule has 2 aromatic heterocycles. The van der Waals surface area contributed by atoms with E-state index in [-0.39, 0.29) is 40.8 Å². The largest absolute Gasteiger partial charge is 0.477 e. The number of fused-ring (bicyclic) bond motifs is 1. The molecule has 10 heteroatoms. The highest BCUT2D eigenvalue weighted by Crippen LogP contribution is 2.29. The molecule has 39 heavy (non-hydrogen) atoms. The van der Waals surface area contributed by atoms with Crippen LogP contribution in [0.25, 0.3) is 11.0 Å². The second-order valence-electron chi connectivity index (χ2n) is 10.4. The lowest BCUT2D eigenvalue weighted by atomic mass is 10.0. The van der Waals surface area contributed by atoms with E-state index in [1.54, 1.807) is 28.0 Å². The second kappa shape index (κ2) is 11.1. The van der Waals surface area contributed by atoms with Crippen LogP contribution >= 0.6 is 0 Å². The van der Waals surface area contributed by atoms with Gasteiger partial charge in [0.15, 0.2) is 0 Å². The number of carbonyl (C=O) groups excluding carboxylic acids is 3. The van der Waals surface area contributed by atoms with Crippen LogP contribution in [-0.2, 0) is 11.3 Å². The second-order valence-corrected chi connectivity index (χ2v) is 10.4. The molecule has 2 aliphatic heterocycles. The molecular weight excluding hydrogens is 501 g/mol. The van der Waals surface area contributed by atoms with Gasteiger partial charge in [-0.1, -0.05) is 12.1 Å². The van der Waals surface area contributed by atoms with E-state index in [0.29, 0.717) is 50.4 Å². The highest BCUT2D eigenvalue weighted by Gasteiger charge is 2.35. The van der Waals surface area contributed by atoms with Crippen molar-refractivity contribution < 1.29 is 23.5 Å². The third-order valence-corrected chi connectivity index (χ3v) is 7.65. The van der Waals surface area contributed by atoms with Gasteiger partial charge in [0.05, 0.1) is 12.2 Å². The SMILES string of the molecule is CCOc1nc2[nH]cc(C(=O)C(=O)N3CCCC3)c2cc1C(=O)N1C[C@H](C)N(Cc2ccc(F)cc2)C[C@H]1C. The van der Waals surface area contributed by atoms with Gasteiger partial charge >= 0.3 is 0 Å². The lowest BCUT2D eigenvalue weighted by Crippen LogP contribution is -2.57. The molecule has 9 nitrogen and oxygen atoms in total. The molecule has 2 amide bonds. The van der Waals surface area contributed by atoms with E-state index < -0.39 is 11.7 Å². The number of nitrogens with one attached hydrogen (secondary N) is 1. The molecule has 3 aromatic rings. The standard InChI is InChI=1S/C29H34FN5O4/c1-4-39-27-23(13-22-24(14-31-26(22)32-27)25(36)29(38)33-11-5-6-12-33)28(37)35-16-18(2)34(15-19(35)3)17-20-7-9-21(30)10-8-20/h7-10,13-14,18-19H,4-6,11-12,15-17H2,1-3H3,(H,31,32)/t18-,19+/m0/s1. The highest BCUT2D eigenvalue weighted by atomic mass is 19.1. The van der Waals surface area contributed by atoms with E-state index in [2.05, 4.69) is 21.8 Å². The van der Waals surface area contributed by atoms with Gasteiger partial charge in [-0.3, -0.25) is 19.3 Å². The molecule has 5 rings (SSSR count). The molecule has 0 spiro atoms. The Hall–Kier alpha value is -3.79. The Morgan fingerprint density at radius 2 is 1.77 bits per heavy atom. The van der Waals surface area contributed by atoms with Crippen LogP contribution in [0.15, 0.2) is 36.5 Å². The van der Waals surface area contributed by atoms with Gasteiger partial charge in [-0.2, -0.15) is 4.98 Å². The number of benzene rings is 1. The van der Waals surface area contributed by atoms with E-state index in [0.717, 1.165) is 18.4 Å². The van der Waals surface area contributed by atoms with Gasteiger partial charge in [0, 0.05) is 56.4 Å². The highest BCUT2D eigenvalue weighted by molar-refractivity contribution is 6.44. The first-order valence-corrected chi connectivity index (χ1v) is 13.5. The van der Waals surface area contributed by atoms with Crippen LogP contribution in [0.3, 0.4) is 0 Å². The molecule has 0 aliphatic carbocycles. The van der Waals surface area contributed by atoms with Gasteiger partial charge in [-0.05, 0) is 57.4 Å². The van der Waals surface area contributed by atoms with Crippen molar-refractivity contribution in [2.75, 3.05) is 32.8 Å². The molecule has 2 fully saturated rings. The van der Waals surface area contributed by atoms with Gasteiger partial charge in [0.25, 0.3) is 17.6 Å². The number of piperazine rings is 1. The molecule has 0 unspecified atom stereocenters. The number of ketones is 1. The summed E-state index contributed by atoms with van der Waals surface area (Å²) in [6, 6.07) is 8.06. The van der Waals surface area contributed by atoms with Crippen molar-refractivity contribution in [2.24, 2.45) is 0 Å². The topological polar surface area (TPSA) is 98.8 Å². The minimum Gasteiger partial charge on any atom is -0.477 e. The number of hydrogen-bond donors (Lipinski definition) is 1. The van der Waals surface area contributed by atoms with E-state index in [1.165, 1.54) is 18.3 Å². The van der Waals surface area contributed by atoms with Crippen molar-refractivity contribution in [3.05, 3.63) is 59.0 Å². The fourth-order valence-electron chi connectivity index (χ4n) is 5.48. The first kappa shape index (κ1) is 26.8. The number of hydrogen-bond acceptors (Lipinski definition) is 6. The Balaban J connectivity index is 1.40. The fraction of sp³-hybridized carbons (Fsp3) is 0.448. The number of carbonyl (C=O) groups is 3. The van der Waals surface area contributed by atoms with Crippen molar-refractivity contribution in [3.63, 3.8) is 0 Å². The summed E-state index contributed by atoms with van der Waals surface area (Å²) in [6.07, 6.45) is 3.26. The summed E-state index contributed by atoms with van der Waals surface area (Å²) >= 11 is 0. The Labute approximate surface area is 226 Å². The van der Waals surface area contributed by atoms with Crippen molar-refractivity contribution in [2.45, 2.75) is 52.2 Å². The molecule has 0 radical (unpaired) electrons. The Bertz CT molecular complexity index is 1380. The number of ether oxygens (including phenoxy) is 1. The summed E-state index contributed by atoms with van der Waals surface area (Å²) in [4.78, 5) is 53.0. The lowest BCUT2D eigenvalue weighted by molar-refractivity contribution is -0.125. The molecule has 1 N–H and O–H groups in total. The average Bonchev–Trinajstić information content (AvgIpc) is 3.61. The predicted molar refractivity (Wildman–Crippen MR) is 144 cm³/mol. The number of likely N-dealkylation sites (tertiary alicyclic amines) is 1. The van der Waals surface area contributed by atoms with Crippen LogP contribution in [-0.4, -0.2) is 87.1 Å². The van der Waals surface area contributed by atoms with Crippen LogP contribution < -0.4 is 4.74 Å². The number of halogens is 1. The zero-order chi connectivity index (χ0) is 27.7. The van der Waals surface area contributed by atoms with Crippen molar-refractivity contribution in [1.82, 2.24) is 24.7 Å². The normalized spacial score (nSPS) is 20.0. The maximum absolute atomic E-state index is 13.9. The zero-order valence-electron chi connectivity index (χ0n) is 22.6. The molecule has 1 aromatic carbocycles. The van der Waals surface area contributed by atoms with E-state index >= 15 is 0 Å². The third-order valence-electron chi connectivity index (χ3n) is 7.65. The fourth-order valence-corrected chi connectivity index (χ4v) is 5.48. The van der Waals surface area contributed by atoms with E-state index in [1.807, 2.05) is 13.8 Å². The smallest absolute Gasteiger partial charge is 0.295 e. The van der Waals surface area contributed by atoms with Crippen LogP contribution in [0.2, 0.25) is 0 Å². The maximum Gasteiger partial charge on any atom is 0.295 e. The Morgan fingerprint density at radius 1 is 1.05 bits per heavy atom. The summed E-state index contributed by atoms with van der Waals surface area (Å²) in [5.41, 5.74) is 1.87. The van der Waals surface area contributed by atoms with Crippen LogP contribution in [0.1, 0.15) is 59.9 Å². The molecule has 2 aliphatic rings. The number of amides is 2. The molecule has 2 atom stereocenters. The van der Waals surface area contributed by atoms with Gasteiger partial charge in [0.1, 0.15) is 17.0 Å². The van der Waals surface area contributed by atoms with Crippen LogP contribution in [0.4, 0.5) is 4.39 Å². The summed E-state index contributed by atoms with van der Waals surface area (Å²) in [5.74, 6) is -1.45. The average molecular weight is 536 g/mol. The first-order chi connectivity index (χ1) is 18.8. The quantitative estimate of drug-likeness (QED) is 0.366. The van der Waals surface area contributed by atoms with Crippen LogP contribution in [0.5, 0.6) is 5.88 Å². The number of H-pyrrole nitrogens is 1. The number of rotatable bonds is 7. The van der Waals surface area contributed by atoms with Crippen molar-refractivity contribution >= 4 is 28.6 Å². The number of nitrogens with zero attached hydrogens (tertiary/aromatic N) is 4. The summed E-state index contributed by atoms with van der Waals surface area (Å²) in [7, 11) is 0. The molecule has 0 bridgehead atoms. The summed E-state index contributed by atoms with van der Waals surface area (Å²) < 4.78 is 19.1. The Kier molecular flexibility index (Phi) is 7.65. The van der Waals surface area contributed by atoms with Gasteiger partial charge < -0.3 is 19.5 Å².